The third-order valence-electron chi connectivity index (χ3n) is 2.73. The Labute approximate surface area is 99.5 Å². The van der Waals surface area contributed by atoms with Crippen LogP contribution in [0.1, 0.15) is 31.1 Å². The molecule has 0 saturated carbocycles. The lowest BCUT2D eigenvalue weighted by atomic mass is 9.84. The van der Waals surface area contributed by atoms with Gasteiger partial charge in [0, 0.05) is 0 Å². The minimum Gasteiger partial charge on any atom is -0.337 e. The molecule has 1 aromatic carbocycles. The SMILES string of the molecule is CC(C)(c1ccccc1)c1noc(CON)n1. The van der Waals surface area contributed by atoms with Gasteiger partial charge in [-0.25, -0.2) is 5.90 Å². The van der Waals surface area contributed by atoms with Crippen molar-refractivity contribution < 1.29 is 9.36 Å². The Hall–Kier alpha value is -1.72. The number of aromatic nitrogens is 2. The maximum Gasteiger partial charge on any atom is 0.254 e. The topological polar surface area (TPSA) is 74.2 Å². The van der Waals surface area contributed by atoms with E-state index in [1.807, 2.05) is 44.2 Å². The van der Waals surface area contributed by atoms with Crippen molar-refractivity contribution in [3.05, 3.63) is 47.6 Å². The molecule has 0 saturated heterocycles. The molecule has 1 heterocycles. The molecule has 0 unspecified atom stereocenters. The van der Waals surface area contributed by atoms with Gasteiger partial charge in [-0.15, -0.1) is 0 Å². The lowest BCUT2D eigenvalue weighted by molar-refractivity contribution is 0.0995. The van der Waals surface area contributed by atoms with Crippen LogP contribution >= 0.6 is 0 Å². The van der Waals surface area contributed by atoms with Gasteiger partial charge in [0.2, 0.25) is 0 Å². The number of hydrogen-bond acceptors (Lipinski definition) is 5. The second kappa shape index (κ2) is 4.65. The van der Waals surface area contributed by atoms with E-state index in [2.05, 4.69) is 15.0 Å². The second-order valence-corrected chi connectivity index (χ2v) is 4.31. The maximum absolute atomic E-state index is 5.05. The van der Waals surface area contributed by atoms with Crippen molar-refractivity contribution >= 4 is 0 Å². The summed E-state index contributed by atoms with van der Waals surface area (Å²) in [5, 5.41) is 3.96. The highest BCUT2D eigenvalue weighted by Gasteiger charge is 2.28. The average molecular weight is 233 g/mol. The molecule has 0 aliphatic rings. The van der Waals surface area contributed by atoms with Gasteiger partial charge in [-0.2, -0.15) is 4.98 Å². The lowest BCUT2D eigenvalue weighted by Crippen LogP contribution is -2.20. The van der Waals surface area contributed by atoms with E-state index in [0.717, 1.165) is 5.56 Å². The van der Waals surface area contributed by atoms with E-state index in [1.54, 1.807) is 0 Å². The summed E-state index contributed by atoms with van der Waals surface area (Å²) in [6.45, 7) is 4.21. The molecule has 17 heavy (non-hydrogen) atoms. The van der Waals surface area contributed by atoms with Crippen molar-refractivity contribution in [3.63, 3.8) is 0 Å². The van der Waals surface area contributed by atoms with Gasteiger partial charge >= 0.3 is 0 Å². The first-order valence-corrected chi connectivity index (χ1v) is 5.35. The minimum atomic E-state index is -0.308. The first kappa shape index (κ1) is 11.8. The molecule has 2 aromatic rings. The monoisotopic (exact) mass is 233 g/mol. The molecule has 1 aromatic heterocycles. The molecule has 0 atom stereocenters. The predicted octanol–water partition coefficient (Wildman–Crippen LogP) is 1.79. The van der Waals surface area contributed by atoms with Crippen LogP contribution in [0, 0.1) is 0 Å². The molecule has 0 spiro atoms. The van der Waals surface area contributed by atoms with E-state index in [-0.39, 0.29) is 12.0 Å². The normalized spacial score (nSPS) is 11.7. The van der Waals surface area contributed by atoms with Gasteiger partial charge in [-0.1, -0.05) is 35.5 Å². The van der Waals surface area contributed by atoms with Crippen LogP contribution in [0.3, 0.4) is 0 Å². The van der Waals surface area contributed by atoms with E-state index in [1.165, 1.54) is 0 Å². The summed E-state index contributed by atoms with van der Waals surface area (Å²) in [5.41, 5.74) is 0.818. The molecule has 2 rings (SSSR count). The van der Waals surface area contributed by atoms with Crippen LogP contribution < -0.4 is 5.90 Å². The molecular weight excluding hydrogens is 218 g/mol. The van der Waals surface area contributed by atoms with E-state index < -0.39 is 0 Å². The molecule has 0 amide bonds. The summed E-state index contributed by atoms with van der Waals surface area (Å²) in [6, 6.07) is 10.0. The summed E-state index contributed by atoms with van der Waals surface area (Å²) in [6.07, 6.45) is 0. The van der Waals surface area contributed by atoms with Crippen LogP contribution in [0.25, 0.3) is 0 Å². The Morgan fingerprint density at radius 1 is 1.29 bits per heavy atom. The smallest absolute Gasteiger partial charge is 0.254 e. The maximum atomic E-state index is 5.05. The predicted molar refractivity (Wildman–Crippen MR) is 61.8 cm³/mol. The van der Waals surface area contributed by atoms with Gasteiger partial charge in [0.05, 0.1) is 5.41 Å². The fourth-order valence-electron chi connectivity index (χ4n) is 1.62. The number of benzene rings is 1. The quantitative estimate of drug-likeness (QED) is 0.815. The molecular formula is C12H15N3O2. The van der Waals surface area contributed by atoms with Crippen molar-refractivity contribution in [1.29, 1.82) is 0 Å². The standard InChI is InChI=1S/C12H15N3O2/c1-12(2,9-6-4-3-5-7-9)11-14-10(8-16-13)17-15-11/h3-7H,8,13H2,1-2H3. The average Bonchev–Trinajstić information content (AvgIpc) is 2.80. The van der Waals surface area contributed by atoms with Crippen LogP contribution in [0.15, 0.2) is 34.9 Å². The zero-order chi connectivity index (χ0) is 12.3. The van der Waals surface area contributed by atoms with E-state index in [0.29, 0.717) is 11.7 Å². The van der Waals surface area contributed by atoms with Crippen LogP contribution in [-0.4, -0.2) is 10.1 Å². The van der Waals surface area contributed by atoms with Crippen molar-refractivity contribution in [2.45, 2.75) is 25.9 Å². The highest BCUT2D eigenvalue weighted by Crippen LogP contribution is 2.28. The minimum absolute atomic E-state index is 0.123. The van der Waals surface area contributed by atoms with Gasteiger partial charge in [-0.3, -0.25) is 4.84 Å². The fraction of sp³-hybridized carbons (Fsp3) is 0.333. The Kier molecular flexibility index (Phi) is 3.21. The summed E-state index contributed by atoms with van der Waals surface area (Å²) >= 11 is 0. The van der Waals surface area contributed by atoms with Crippen LogP contribution in [-0.2, 0) is 16.9 Å². The second-order valence-electron chi connectivity index (χ2n) is 4.31. The molecule has 0 aliphatic carbocycles. The van der Waals surface area contributed by atoms with Crippen molar-refractivity contribution in [3.8, 4) is 0 Å². The van der Waals surface area contributed by atoms with Crippen LogP contribution in [0.4, 0.5) is 0 Å². The molecule has 0 bridgehead atoms. The number of nitrogens with zero attached hydrogens (tertiary/aromatic N) is 2. The van der Waals surface area contributed by atoms with Gasteiger partial charge in [0.25, 0.3) is 5.89 Å². The first-order chi connectivity index (χ1) is 8.14. The fourth-order valence-corrected chi connectivity index (χ4v) is 1.62. The van der Waals surface area contributed by atoms with Crippen molar-refractivity contribution in [2.75, 3.05) is 0 Å². The number of hydrogen-bond donors (Lipinski definition) is 1. The molecule has 0 aliphatic heterocycles. The van der Waals surface area contributed by atoms with Gasteiger partial charge in [-0.05, 0) is 19.4 Å². The number of nitrogens with two attached hydrogens (primary N) is 1. The van der Waals surface area contributed by atoms with Gasteiger partial charge in [0.1, 0.15) is 6.61 Å². The van der Waals surface area contributed by atoms with Gasteiger partial charge < -0.3 is 4.52 Å². The number of rotatable bonds is 4. The molecule has 0 radical (unpaired) electrons. The largest absolute Gasteiger partial charge is 0.337 e. The Morgan fingerprint density at radius 2 is 2.00 bits per heavy atom. The summed E-state index contributed by atoms with van der Waals surface area (Å²) in [4.78, 5) is 8.73. The Balaban J connectivity index is 2.31. The first-order valence-electron chi connectivity index (χ1n) is 5.35. The molecule has 5 nitrogen and oxygen atoms in total. The van der Waals surface area contributed by atoms with Crippen LogP contribution in [0.2, 0.25) is 0 Å². The van der Waals surface area contributed by atoms with E-state index in [4.69, 9.17) is 10.4 Å². The zero-order valence-electron chi connectivity index (χ0n) is 9.88. The highest BCUT2D eigenvalue weighted by atomic mass is 16.6. The summed E-state index contributed by atoms with van der Waals surface area (Å²) in [7, 11) is 0. The molecule has 0 fully saturated rings. The van der Waals surface area contributed by atoms with Gasteiger partial charge in [0.15, 0.2) is 5.82 Å². The van der Waals surface area contributed by atoms with E-state index >= 15 is 0 Å². The van der Waals surface area contributed by atoms with Crippen molar-refractivity contribution in [2.24, 2.45) is 5.90 Å². The third-order valence-corrected chi connectivity index (χ3v) is 2.73. The molecule has 2 N–H and O–H groups in total. The van der Waals surface area contributed by atoms with E-state index in [9.17, 15) is 0 Å². The highest BCUT2D eigenvalue weighted by molar-refractivity contribution is 5.30. The summed E-state index contributed by atoms with van der Waals surface area (Å²) < 4.78 is 5.05. The zero-order valence-corrected chi connectivity index (χ0v) is 9.88. The van der Waals surface area contributed by atoms with Crippen LogP contribution in [0.5, 0.6) is 0 Å². The van der Waals surface area contributed by atoms with Crippen molar-refractivity contribution in [1.82, 2.24) is 10.1 Å². The Morgan fingerprint density at radius 3 is 2.65 bits per heavy atom. The molecule has 90 valence electrons. The molecule has 5 heteroatoms. The summed E-state index contributed by atoms with van der Waals surface area (Å²) in [5.74, 6) is 5.96. The third kappa shape index (κ3) is 2.35. The lowest BCUT2D eigenvalue weighted by Gasteiger charge is -2.20. The Bertz CT molecular complexity index is 480.